The molecule has 1 aromatic carbocycles. The molecule has 0 radical (unpaired) electrons. The maximum atomic E-state index is 11.1. The van der Waals surface area contributed by atoms with Crippen molar-refractivity contribution in [1.29, 1.82) is 0 Å². The molecule has 0 heterocycles. The van der Waals surface area contributed by atoms with Gasteiger partial charge < -0.3 is 10.1 Å². The minimum Gasteiger partial charge on any atom is -0.469 e. The van der Waals surface area contributed by atoms with Crippen LogP contribution in [0, 0.1) is 0 Å². The van der Waals surface area contributed by atoms with Gasteiger partial charge in [0.15, 0.2) is 0 Å². The van der Waals surface area contributed by atoms with Crippen molar-refractivity contribution in [3.05, 3.63) is 29.8 Å². The van der Waals surface area contributed by atoms with Crippen molar-refractivity contribution in [3.63, 3.8) is 0 Å². The number of nitrogens with two attached hydrogens (primary N) is 1. The van der Waals surface area contributed by atoms with E-state index in [2.05, 4.69) is 10.1 Å². The summed E-state index contributed by atoms with van der Waals surface area (Å²) < 4.78 is 26.7. The highest BCUT2D eigenvalue weighted by molar-refractivity contribution is 7.89. The molecule has 1 rings (SSSR count). The Kier molecular flexibility index (Phi) is 5.46. The molecule has 0 aliphatic carbocycles. The van der Waals surface area contributed by atoms with Crippen molar-refractivity contribution in [2.45, 2.75) is 24.3 Å². The van der Waals surface area contributed by atoms with Crippen LogP contribution in [0.5, 0.6) is 0 Å². The molecule has 0 bridgehead atoms. The normalized spacial score (nSPS) is 13.0. The average molecular weight is 286 g/mol. The second kappa shape index (κ2) is 6.65. The minimum atomic E-state index is -3.66. The summed E-state index contributed by atoms with van der Waals surface area (Å²) in [5.41, 5.74) is 0.914. The SMILES string of the molecule is COC(=O)CCNC(C)c1ccc(S(N)(=O)=O)cc1. The first-order valence-corrected chi connectivity index (χ1v) is 7.32. The van der Waals surface area contributed by atoms with E-state index in [0.717, 1.165) is 5.56 Å². The number of nitrogens with one attached hydrogen (secondary N) is 1. The van der Waals surface area contributed by atoms with Crippen molar-refractivity contribution in [2.75, 3.05) is 13.7 Å². The Morgan fingerprint density at radius 3 is 2.42 bits per heavy atom. The standard InChI is InChI=1S/C12H18N2O4S/c1-9(14-8-7-12(15)18-2)10-3-5-11(6-4-10)19(13,16)17/h3-6,9,14H,7-8H2,1-2H3,(H2,13,16,17). The summed E-state index contributed by atoms with van der Waals surface area (Å²) in [4.78, 5) is 11.0. The Bertz CT molecular complexity index is 525. The molecule has 7 heteroatoms. The van der Waals surface area contributed by atoms with Crippen molar-refractivity contribution >= 4 is 16.0 Å². The van der Waals surface area contributed by atoms with Crippen LogP contribution < -0.4 is 10.5 Å². The highest BCUT2D eigenvalue weighted by Gasteiger charge is 2.10. The van der Waals surface area contributed by atoms with Gasteiger partial charge in [0.2, 0.25) is 10.0 Å². The van der Waals surface area contributed by atoms with Gasteiger partial charge in [0, 0.05) is 12.6 Å². The molecule has 1 aromatic rings. The zero-order chi connectivity index (χ0) is 14.5. The molecule has 0 saturated heterocycles. The molecule has 0 fully saturated rings. The molecule has 1 unspecified atom stereocenters. The second-order valence-electron chi connectivity index (χ2n) is 4.12. The Hall–Kier alpha value is -1.44. The van der Waals surface area contributed by atoms with Crippen LogP contribution in [-0.2, 0) is 19.6 Å². The molecule has 0 saturated carbocycles. The number of primary sulfonamides is 1. The topological polar surface area (TPSA) is 98.5 Å². The van der Waals surface area contributed by atoms with E-state index in [-0.39, 0.29) is 23.3 Å². The molecule has 0 aromatic heterocycles. The van der Waals surface area contributed by atoms with E-state index in [1.807, 2.05) is 6.92 Å². The lowest BCUT2D eigenvalue weighted by atomic mass is 10.1. The number of methoxy groups -OCH3 is 1. The fourth-order valence-corrected chi connectivity index (χ4v) is 2.07. The van der Waals surface area contributed by atoms with E-state index in [0.29, 0.717) is 6.54 Å². The second-order valence-corrected chi connectivity index (χ2v) is 5.68. The third kappa shape index (κ3) is 4.98. The monoisotopic (exact) mass is 286 g/mol. The summed E-state index contributed by atoms with van der Waals surface area (Å²) in [5, 5.41) is 8.16. The summed E-state index contributed by atoms with van der Waals surface area (Å²) >= 11 is 0. The molecule has 6 nitrogen and oxygen atoms in total. The van der Waals surface area contributed by atoms with Crippen molar-refractivity contribution < 1.29 is 17.9 Å². The third-order valence-corrected chi connectivity index (χ3v) is 3.65. The molecule has 3 N–H and O–H groups in total. The van der Waals surface area contributed by atoms with E-state index < -0.39 is 10.0 Å². The summed E-state index contributed by atoms with van der Waals surface area (Å²) in [6.45, 7) is 2.41. The number of carbonyl (C=O) groups is 1. The lowest BCUT2D eigenvalue weighted by Crippen LogP contribution is -2.22. The van der Waals surface area contributed by atoms with E-state index in [1.165, 1.54) is 19.2 Å². The Labute approximate surface area is 113 Å². The highest BCUT2D eigenvalue weighted by Crippen LogP contribution is 2.15. The molecule has 1 atom stereocenters. The lowest BCUT2D eigenvalue weighted by molar-refractivity contribution is -0.140. The van der Waals surface area contributed by atoms with Crippen molar-refractivity contribution in [3.8, 4) is 0 Å². The highest BCUT2D eigenvalue weighted by atomic mass is 32.2. The van der Waals surface area contributed by atoms with Crippen LogP contribution in [0.2, 0.25) is 0 Å². The van der Waals surface area contributed by atoms with E-state index >= 15 is 0 Å². The molecule has 0 spiro atoms. The Morgan fingerprint density at radius 2 is 1.95 bits per heavy atom. The predicted octanol–water partition coefficient (Wildman–Crippen LogP) is 0.548. The van der Waals surface area contributed by atoms with E-state index in [9.17, 15) is 13.2 Å². The number of rotatable bonds is 6. The van der Waals surface area contributed by atoms with Crippen LogP contribution in [0.4, 0.5) is 0 Å². The summed E-state index contributed by atoms with van der Waals surface area (Å²) in [6, 6.07) is 6.30. The average Bonchev–Trinajstić information content (AvgIpc) is 2.37. The quantitative estimate of drug-likeness (QED) is 0.744. The van der Waals surface area contributed by atoms with Gasteiger partial charge in [-0.3, -0.25) is 4.79 Å². The molecule has 0 aliphatic heterocycles. The summed E-state index contributed by atoms with van der Waals surface area (Å²) in [5.74, 6) is -0.274. The van der Waals surface area contributed by atoms with Gasteiger partial charge in [0.25, 0.3) is 0 Å². The number of benzene rings is 1. The van der Waals surface area contributed by atoms with Crippen molar-refractivity contribution in [2.24, 2.45) is 5.14 Å². The zero-order valence-corrected chi connectivity index (χ0v) is 11.7. The van der Waals surface area contributed by atoms with Gasteiger partial charge in [-0.05, 0) is 24.6 Å². The molecule has 19 heavy (non-hydrogen) atoms. The third-order valence-electron chi connectivity index (χ3n) is 2.72. The van der Waals surface area contributed by atoms with Gasteiger partial charge in [0.1, 0.15) is 0 Å². The van der Waals surface area contributed by atoms with Crippen LogP contribution in [0.25, 0.3) is 0 Å². The van der Waals surface area contributed by atoms with E-state index in [1.54, 1.807) is 12.1 Å². The van der Waals surface area contributed by atoms with Gasteiger partial charge in [-0.2, -0.15) is 0 Å². The fraction of sp³-hybridized carbons (Fsp3) is 0.417. The van der Waals surface area contributed by atoms with Gasteiger partial charge >= 0.3 is 5.97 Å². The number of carbonyl (C=O) groups excluding carboxylic acids is 1. The molecular formula is C12H18N2O4S. The smallest absolute Gasteiger partial charge is 0.306 e. The zero-order valence-electron chi connectivity index (χ0n) is 10.9. The number of hydrogen-bond donors (Lipinski definition) is 2. The van der Waals surface area contributed by atoms with Gasteiger partial charge in [-0.25, -0.2) is 13.6 Å². The Morgan fingerprint density at radius 1 is 1.37 bits per heavy atom. The molecular weight excluding hydrogens is 268 g/mol. The maximum absolute atomic E-state index is 11.1. The largest absolute Gasteiger partial charge is 0.469 e. The van der Waals surface area contributed by atoms with Crippen LogP contribution in [0.3, 0.4) is 0 Å². The molecule has 0 aliphatic rings. The minimum absolute atomic E-state index is 0.000755. The van der Waals surface area contributed by atoms with E-state index in [4.69, 9.17) is 5.14 Å². The van der Waals surface area contributed by atoms with Crippen LogP contribution in [0.15, 0.2) is 29.2 Å². The fourth-order valence-electron chi connectivity index (χ4n) is 1.56. The van der Waals surface area contributed by atoms with Gasteiger partial charge in [-0.1, -0.05) is 12.1 Å². The molecule has 0 amide bonds. The van der Waals surface area contributed by atoms with Crippen molar-refractivity contribution in [1.82, 2.24) is 5.32 Å². The first kappa shape index (κ1) is 15.6. The predicted molar refractivity (Wildman–Crippen MR) is 70.9 cm³/mol. The van der Waals surface area contributed by atoms with Crippen LogP contribution >= 0.6 is 0 Å². The number of ether oxygens (including phenoxy) is 1. The van der Waals surface area contributed by atoms with Gasteiger partial charge in [-0.15, -0.1) is 0 Å². The lowest BCUT2D eigenvalue weighted by Gasteiger charge is -2.14. The number of esters is 1. The number of hydrogen-bond acceptors (Lipinski definition) is 5. The summed E-state index contributed by atoms with van der Waals surface area (Å²) in [7, 11) is -2.31. The van der Waals surface area contributed by atoms with Crippen LogP contribution in [-0.4, -0.2) is 28.0 Å². The van der Waals surface area contributed by atoms with Crippen LogP contribution in [0.1, 0.15) is 24.9 Å². The summed E-state index contributed by atoms with van der Waals surface area (Å²) in [6.07, 6.45) is 0.288. The molecule has 106 valence electrons. The first-order chi connectivity index (χ1) is 8.84. The first-order valence-electron chi connectivity index (χ1n) is 5.77. The maximum Gasteiger partial charge on any atom is 0.306 e. The Balaban J connectivity index is 2.58. The number of sulfonamides is 1. The van der Waals surface area contributed by atoms with Gasteiger partial charge in [0.05, 0.1) is 18.4 Å².